The number of likely N-dealkylation sites (tertiary alicyclic amines) is 1. The van der Waals surface area contributed by atoms with Crippen molar-refractivity contribution in [2.75, 3.05) is 19.7 Å². The molecule has 3 saturated heterocycles. The van der Waals surface area contributed by atoms with Gasteiger partial charge in [0.25, 0.3) is 5.91 Å². The second kappa shape index (κ2) is 4.85. The van der Waals surface area contributed by atoms with E-state index in [1.807, 2.05) is 34.9 Å². The third-order valence-corrected chi connectivity index (χ3v) is 6.22. The Morgan fingerprint density at radius 3 is 3.00 bits per heavy atom. The number of ether oxygens (including phenoxy) is 1. The van der Waals surface area contributed by atoms with Gasteiger partial charge >= 0.3 is 0 Å². The quantitative estimate of drug-likeness (QED) is 0.864. The van der Waals surface area contributed by atoms with Gasteiger partial charge in [-0.05, 0) is 37.6 Å². The molecule has 3 fully saturated rings. The zero-order chi connectivity index (χ0) is 17.3. The van der Waals surface area contributed by atoms with Crippen LogP contribution in [0.2, 0.25) is 0 Å². The fraction of sp³-hybridized carbons (Fsp3) is 0.474. The van der Waals surface area contributed by atoms with Gasteiger partial charge in [-0.15, -0.1) is 0 Å². The highest BCUT2D eigenvalue weighted by atomic mass is 16.5. The lowest BCUT2D eigenvalue weighted by molar-refractivity contribution is -0.136. The average molecular weight is 339 g/mol. The van der Waals surface area contributed by atoms with Crippen molar-refractivity contribution in [3.8, 4) is 0 Å². The molecule has 1 aromatic carbocycles. The summed E-state index contributed by atoms with van der Waals surface area (Å²) in [6.45, 7) is 5.95. The van der Waals surface area contributed by atoms with Crippen LogP contribution in [0.15, 0.2) is 18.2 Å². The Bertz CT molecular complexity index is 918. The zero-order valence-electron chi connectivity index (χ0n) is 14.5. The van der Waals surface area contributed by atoms with Crippen LogP contribution in [-0.4, -0.2) is 58.1 Å². The number of carbonyl (C=O) groups excluding carboxylic acids is 2. The van der Waals surface area contributed by atoms with Gasteiger partial charge in [-0.1, -0.05) is 0 Å². The van der Waals surface area contributed by atoms with Crippen molar-refractivity contribution in [1.82, 2.24) is 14.8 Å². The summed E-state index contributed by atoms with van der Waals surface area (Å²) in [5, 5.41) is 1.08. The van der Waals surface area contributed by atoms with E-state index in [0.717, 1.165) is 16.6 Å². The molecule has 0 unspecified atom stereocenters. The molecule has 4 heterocycles. The zero-order valence-corrected chi connectivity index (χ0v) is 14.5. The molecule has 1 spiro atoms. The number of carbonyl (C=O) groups is 2. The summed E-state index contributed by atoms with van der Waals surface area (Å²) in [5.41, 5.74) is 3.44. The van der Waals surface area contributed by atoms with Crippen molar-refractivity contribution >= 4 is 22.7 Å². The number of nitrogens with one attached hydrogen (secondary N) is 1. The van der Waals surface area contributed by atoms with E-state index in [0.29, 0.717) is 38.1 Å². The predicted octanol–water partition coefficient (Wildman–Crippen LogP) is 1.96. The molecule has 6 heteroatoms. The molecule has 3 aliphatic rings. The summed E-state index contributed by atoms with van der Waals surface area (Å²) in [6, 6.07) is 5.63. The number of fused-ring (bicyclic) bond motifs is 1. The first-order valence-electron chi connectivity index (χ1n) is 8.85. The lowest BCUT2D eigenvalue weighted by Gasteiger charge is -2.31. The highest BCUT2D eigenvalue weighted by Crippen LogP contribution is 2.46. The number of hydrogen-bond donors (Lipinski definition) is 1. The van der Waals surface area contributed by atoms with E-state index in [1.165, 1.54) is 5.56 Å². The Morgan fingerprint density at radius 2 is 2.16 bits per heavy atom. The van der Waals surface area contributed by atoms with Crippen molar-refractivity contribution in [1.29, 1.82) is 0 Å². The van der Waals surface area contributed by atoms with Crippen LogP contribution in [0.1, 0.15) is 34.5 Å². The number of nitrogens with zero attached hydrogens (tertiary/aromatic N) is 2. The summed E-state index contributed by atoms with van der Waals surface area (Å²) in [7, 11) is 0. The van der Waals surface area contributed by atoms with Gasteiger partial charge in [-0.3, -0.25) is 9.59 Å². The monoisotopic (exact) mass is 339 g/mol. The fourth-order valence-corrected chi connectivity index (χ4v) is 4.79. The van der Waals surface area contributed by atoms with Gasteiger partial charge in [-0.2, -0.15) is 0 Å². The largest absolute Gasteiger partial charge is 0.358 e. The van der Waals surface area contributed by atoms with Crippen LogP contribution in [0.3, 0.4) is 0 Å². The first-order valence-corrected chi connectivity index (χ1v) is 8.85. The van der Waals surface area contributed by atoms with Crippen molar-refractivity contribution in [3.63, 3.8) is 0 Å². The average Bonchev–Trinajstić information content (AvgIpc) is 3.30. The highest BCUT2D eigenvalue weighted by Gasteiger charge is 2.62. The summed E-state index contributed by atoms with van der Waals surface area (Å²) in [6.07, 6.45) is 1.08. The Balaban J connectivity index is 1.51. The van der Waals surface area contributed by atoms with E-state index < -0.39 is 5.72 Å². The second-order valence-electron chi connectivity index (χ2n) is 7.34. The summed E-state index contributed by atoms with van der Waals surface area (Å²) in [4.78, 5) is 32.5. The van der Waals surface area contributed by atoms with Crippen LogP contribution < -0.4 is 0 Å². The fourth-order valence-electron chi connectivity index (χ4n) is 4.79. The predicted molar refractivity (Wildman–Crippen MR) is 92.2 cm³/mol. The van der Waals surface area contributed by atoms with E-state index in [4.69, 9.17) is 4.74 Å². The number of aromatic nitrogens is 1. The van der Waals surface area contributed by atoms with Crippen molar-refractivity contribution in [3.05, 3.63) is 35.0 Å². The second-order valence-corrected chi connectivity index (χ2v) is 7.34. The van der Waals surface area contributed by atoms with E-state index in [1.54, 1.807) is 0 Å². The van der Waals surface area contributed by atoms with E-state index in [2.05, 4.69) is 11.9 Å². The highest BCUT2D eigenvalue weighted by molar-refractivity contribution is 6.00. The maximum Gasteiger partial charge on any atom is 0.254 e. The van der Waals surface area contributed by atoms with Crippen molar-refractivity contribution < 1.29 is 14.3 Å². The van der Waals surface area contributed by atoms with E-state index in [9.17, 15) is 9.59 Å². The van der Waals surface area contributed by atoms with Crippen LogP contribution in [-0.2, 0) is 9.53 Å². The van der Waals surface area contributed by atoms with Gasteiger partial charge in [0.15, 0.2) is 5.72 Å². The standard InChI is InChI=1S/C19H21N3O3/c1-11-12(2)20-15-4-3-13(9-14(11)15)18(24)21-6-5-19-16(21)10-17(23)22(19)7-8-25-19/h3-4,9,16,20H,5-8,10H2,1-2H3/t16-,19+/m1/s1. The van der Waals surface area contributed by atoms with Crippen LogP contribution >= 0.6 is 0 Å². The molecular weight excluding hydrogens is 318 g/mol. The Kier molecular flexibility index (Phi) is 2.90. The van der Waals surface area contributed by atoms with Gasteiger partial charge in [-0.25, -0.2) is 0 Å². The third-order valence-electron chi connectivity index (χ3n) is 6.22. The van der Waals surface area contributed by atoms with Gasteiger partial charge < -0.3 is 19.5 Å². The smallest absolute Gasteiger partial charge is 0.254 e. The molecule has 2 amide bonds. The maximum absolute atomic E-state index is 13.2. The number of amides is 2. The normalized spacial score (nSPS) is 28.1. The minimum atomic E-state index is -0.572. The SMILES string of the molecule is Cc1[nH]c2ccc(C(=O)N3CC[C@@]45OCCN4C(=O)C[C@@H]35)cc2c1C. The Morgan fingerprint density at radius 1 is 1.32 bits per heavy atom. The molecule has 1 aromatic heterocycles. The Labute approximate surface area is 145 Å². The van der Waals surface area contributed by atoms with Gasteiger partial charge in [0.2, 0.25) is 5.91 Å². The van der Waals surface area contributed by atoms with Crippen LogP contribution in [0, 0.1) is 13.8 Å². The molecule has 130 valence electrons. The summed E-state index contributed by atoms with van der Waals surface area (Å²) < 4.78 is 5.97. The van der Waals surface area contributed by atoms with Crippen molar-refractivity contribution in [2.24, 2.45) is 0 Å². The number of hydrogen-bond acceptors (Lipinski definition) is 3. The lowest BCUT2D eigenvalue weighted by atomic mass is 10.0. The molecule has 2 aromatic rings. The molecule has 1 N–H and O–H groups in total. The first-order chi connectivity index (χ1) is 12.0. The third kappa shape index (κ3) is 1.83. The summed E-state index contributed by atoms with van der Waals surface area (Å²) in [5.74, 6) is 0.0970. The van der Waals surface area contributed by atoms with E-state index >= 15 is 0 Å². The van der Waals surface area contributed by atoms with Gasteiger partial charge in [0.1, 0.15) is 0 Å². The molecule has 0 aliphatic carbocycles. The molecule has 25 heavy (non-hydrogen) atoms. The van der Waals surface area contributed by atoms with Gasteiger partial charge in [0.05, 0.1) is 19.1 Å². The maximum atomic E-state index is 13.2. The molecule has 6 nitrogen and oxygen atoms in total. The first kappa shape index (κ1) is 15.0. The minimum absolute atomic E-state index is 0.00724. The lowest BCUT2D eigenvalue weighted by Crippen LogP contribution is -2.48. The number of H-pyrrole nitrogens is 1. The van der Waals surface area contributed by atoms with E-state index in [-0.39, 0.29) is 17.9 Å². The number of benzene rings is 1. The Hall–Kier alpha value is -2.34. The number of rotatable bonds is 1. The molecule has 2 atom stereocenters. The molecule has 0 radical (unpaired) electrons. The van der Waals surface area contributed by atoms with Crippen LogP contribution in [0.4, 0.5) is 0 Å². The molecule has 5 rings (SSSR count). The minimum Gasteiger partial charge on any atom is -0.358 e. The summed E-state index contributed by atoms with van der Waals surface area (Å²) >= 11 is 0. The molecule has 0 saturated carbocycles. The topological polar surface area (TPSA) is 65.6 Å². The van der Waals surface area contributed by atoms with Gasteiger partial charge in [0, 0.05) is 41.7 Å². The molecular formula is C19H21N3O3. The molecule has 3 aliphatic heterocycles. The molecule has 0 bridgehead atoms. The number of aryl methyl sites for hydroxylation is 2. The van der Waals surface area contributed by atoms with Crippen LogP contribution in [0.5, 0.6) is 0 Å². The van der Waals surface area contributed by atoms with Crippen LogP contribution in [0.25, 0.3) is 10.9 Å². The number of aromatic amines is 1. The van der Waals surface area contributed by atoms with Crippen molar-refractivity contribution in [2.45, 2.75) is 38.5 Å².